The lowest BCUT2D eigenvalue weighted by Crippen LogP contribution is -2.40. The molecule has 5 nitrogen and oxygen atoms in total. The molecule has 0 fully saturated rings. The van der Waals surface area contributed by atoms with E-state index < -0.39 is 0 Å². The summed E-state index contributed by atoms with van der Waals surface area (Å²) < 4.78 is 0. The fourth-order valence-electron chi connectivity index (χ4n) is 2.50. The van der Waals surface area contributed by atoms with E-state index in [1.54, 1.807) is 23.1 Å². The van der Waals surface area contributed by atoms with Gasteiger partial charge >= 0.3 is 0 Å². The van der Waals surface area contributed by atoms with Gasteiger partial charge in [0.2, 0.25) is 11.8 Å². The van der Waals surface area contributed by atoms with Gasteiger partial charge in [0.25, 0.3) is 0 Å². The minimum absolute atomic E-state index is 0.113. The summed E-state index contributed by atoms with van der Waals surface area (Å²) in [5.41, 5.74) is 2.45. The standard InChI is InChI=1S/C20H23Cl2N3O2/c1-3-25(12-19(26)23-11-15-6-4-5-7-17(15)22)13-20(27)24-18-10-16(21)9-8-14(18)2/h4-10H,3,11-13H2,1-2H3,(H,23,26)(H,24,27). The Morgan fingerprint density at radius 3 is 2.44 bits per heavy atom. The summed E-state index contributed by atoms with van der Waals surface area (Å²) in [6.07, 6.45) is 0. The zero-order chi connectivity index (χ0) is 19.8. The molecular weight excluding hydrogens is 385 g/mol. The number of carbonyl (C=O) groups excluding carboxylic acids is 2. The average molecular weight is 408 g/mol. The second kappa shape index (κ2) is 10.3. The molecule has 2 aromatic rings. The monoisotopic (exact) mass is 407 g/mol. The molecule has 0 heterocycles. The van der Waals surface area contributed by atoms with Crippen molar-refractivity contribution in [2.24, 2.45) is 0 Å². The number of aryl methyl sites for hydroxylation is 1. The first-order valence-electron chi connectivity index (χ1n) is 8.67. The Hall–Kier alpha value is -2.08. The number of benzene rings is 2. The van der Waals surface area contributed by atoms with Gasteiger partial charge in [-0.1, -0.05) is 54.4 Å². The first-order chi connectivity index (χ1) is 12.9. The maximum absolute atomic E-state index is 12.3. The zero-order valence-electron chi connectivity index (χ0n) is 15.4. The number of likely N-dealkylation sites (N-methyl/N-ethyl adjacent to an activating group) is 1. The molecule has 2 N–H and O–H groups in total. The van der Waals surface area contributed by atoms with Crippen LogP contribution in [0, 0.1) is 6.92 Å². The maximum atomic E-state index is 12.3. The number of rotatable bonds is 8. The van der Waals surface area contributed by atoms with Crippen LogP contribution in [0.25, 0.3) is 0 Å². The van der Waals surface area contributed by atoms with E-state index in [0.717, 1.165) is 11.1 Å². The smallest absolute Gasteiger partial charge is 0.238 e. The SMILES string of the molecule is CCN(CC(=O)NCc1ccccc1Cl)CC(=O)Nc1cc(Cl)ccc1C. The first kappa shape index (κ1) is 21.2. The summed E-state index contributed by atoms with van der Waals surface area (Å²) in [5, 5.41) is 6.84. The number of carbonyl (C=O) groups is 2. The van der Waals surface area contributed by atoms with Crippen LogP contribution in [0.15, 0.2) is 42.5 Å². The molecule has 0 saturated carbocycles. The van der Waals surface area contributed by atoms with Crippen LogP contribution in [0.3, 0.4) is 0 Å². The van der Waals surface area contributed by atoms with Crippen LogP contribution in [-0.4, -0.2) is 36.3 Å². The van der Waals surface area contributed by atoms with E-state index in [9.17, 15) is 9.59 Å². The van der Waals surface area contributed by atoms with E-state index in [2.05, 4.69) is 10.6 Å². The fourth-order valence-corrected chi connectivity index (χ4v) is 2.87. The quantitative estimate of drug-likeness (QED) is 0.697. The fraction of sp³-hybridized carbons (Fsp3) is 0.300. The molecule has 2 aromatic carbocycles. The highest BCUT2D eigenvalue weighted by molar-refractivity contribution is 6.31. The molecule has 0 bridgehead atoms. The van der Waals surface area contributed by atoms with Gasteiger partial charge in [0.15, 0.2) is 0 Å². The van der Waals surface area contributed by atoms with Crippen LogP contribution in [0.2, 0.25) is 10.0 Å². The lowest BCUT2D eigenvalue weighted by molar-refractivity contribution is -0.123. The van der Waals surface area contributed by atoms with Gasteiger partial charge in [-0.15, -0.1) is 0 Å². The van der Waals surface area contributed by atoms with Gasteiger partial charge in [0, 0.05) is 22.3 Å². The van der Waals surface area contributed by atoms with Crippen LogP contribution < -0.4 is 10.6 Å². The van der Waals surface area contributed by atoms with E-state index in [4.69, 9.17) is 23.2 Å². The molecule has 0 aliphatic rings. The highest BCUT2D eigenvalue weighted by Crippen LogP contribution is 2.20. The predicted molar refractivity (Wildman–Crippen MR) is 110 cm³/mol. The van der Waals surface area contributed by atoms with Gasteiger partial charge in [0.1, 0.15) is 0 Å². The van der Waals surface area contributed by atoms with Crippen molar-refractivity contribution in [1.29, 1.82) is 0 Å². The molecule has 2 amide bonds. The molecule has 7 heteroatoms. The van der Waals surface area contributed by atoms with Crippen LogP contribution in [0.1, 0.15) is 18.1 Å². The molecule has 0 saturated heterocycles. The van der Waals surface area contributed by atoms with Crippen molar-refractivity contribution in [1.82, 2.24) is 10.2 Å². The number of amides is 2. The largest absolute Gasteiger partial charge is 0.351 e. The van der Waals surface area contributed by atoms with E-state index in [0.29, 0.717) is 28.8 Å². The normalized spacial score (nSPS) is 10.7. The Morgan fingerprint density at radius 2 is 1.74 bits per heavy atom. The molecular formula is C20H23Cl2N3O2. The summed E-state index contributed by atoms with van der Waals surface area (Å²) in [6, 6.07) is 12.7. The molecule has 144 valence electrons. The first-order valence-corrected chi connectivity index (χ1v) is 9.43. The molecule has 0 unspecified atom stereocenters. The molecule has 0 radical (unpaired) electrons. The summed E-state index contributed by atoms with van der Waals surface area (Å²) in [5.74, 6) is -0.357. The van der Waals surface area contributed by atoms with E-state index >= 15 is 0 Å². The number of halogens is 2. The molecule has 0 spiro atoms. The molecule has 0 aliphatic heterocycles. The third kappa shape index (κ3) is 6.86. The predicted octanol–water partition coefficient (Wildman–Crippen LogP) is 3.88. The molecule has 0 aliphatic carbocycles. The number of nitrogens with one attached hydrogen (secondary N) is 2. The van der Waals surface area contributed by atoms with Gasteiger partial charge in [-0.05, 0) is 42.8 Å². The highest BCUT2D eigenvalue weighted by atomic mass is 35.5. The van der Waals surface area contributed by atoms with Crippen LogP contribution in [0.5, 0.6) is 0 Å². The summed E-state index contributed by atoms with van der Waals surface area (Å²) in [7, 11) is 0. The van der Waals surface area contributed by atoms with Crippen LogP contribution >= 0.6 is 23.2 Å². The van der Waals surface area contributed by atoms with Crippen molar-refractivity contribution >= 4 is 40.7 Å². The number of hydrogen-bond acceptors (Lipinski definition) is 3. The van der Waals surface area contributed by atoms with Crippen molar-refractivity contribution < 1.29 is 9.59 Å². The lowest BCUT2D eigenvalue weighted by atomic mass is 10.2. The van der Waals surface area contributed by atoms with Crippen molar-refractivity contribution in [2.45, 2.75) is 20.4 Å². The Balaban J connectivity index is 1.85. The molecule has 0 atom stereocenters. The average Bonchev–Trinajstić information content (AvgIpc) is 2.63. The number of anilines is 1. The van der Waals surface area contributed by atoms with E-state index in [1.807, 2.05) is 38.1 Å². The van der Waals surface area contributed by atoms with Gasteiger partial charge in [-0.25, -0.2) is 0 Å². The summed E-state index contributed by atoms with van der Waals surface area (Å²) in [6.45, 7) is 4.96. The minimum Gasteiger partial charge on any atom is -0.351 e. The van der Waals surface area contributed by atoms with Crippen LogP contribution in [-0.2, 0) is 16.1 Å². The maximum Gasteiger partial charge on any atom is 0.238 e. The van der Waals surface area contributed by atoms with Crippen molar-refractivity contribution in [2.75, 3.05) is 25.0 Å². The van der Waals surface area contributed by atoms with Crippen molar-refractivity contribution in [3.63, 3.8) is 0 Å². The Bertz CT molecular complexity index is 812. The van der Waals surface area contributed by atoms with Gasteiger partial charge in [-0.3, -0.25) is 14.5 Å². The van der Waals surface area contributed by atoms with E-state index in [1.165, 1.54) is 0 Å². The highest BCUT2D eigenvalue weighted by Gasteiger charge is 2.14. The second-order valence-corrected chi connectivity index (χ2v) is 7.02. The number of nitrogens with zero attached hydrogens (tertiary/aromatic N) is 1. The van der Waals surface area contributed by atoms with Gasteiger partial charge < -0.3 is 10.6 Å². The third-order valence-corrected chi connectivity index (χ3v) is 4.69. The molecule has 0 aromatic heterocycles. The summed E-state index contributed by atoms with van der Waals surface area (Å²) >= 11 is 12.1. The van der Waals surface area contributed by atoms with Gasteiger partial charge in [0.05, 0.1) is 13.1 Å². The van der Waals surface area contributed by atoms with E-state index in [-0.39, 0.29) is 24.9 Å². The molecule has 27 heavy (non-hydrogen) atoms. The molecule has 2 rings (SSSR count). The van der Waals surface area contributed by atoms with Crippen LogP contribution in [0.4, 0.5) is 5.69 Å². The Morgan fingerprint density at radius 1 is 1.04 bits per heavy atom. The number of hydrogen-bond donors (Lipinski definition) is 2. The topological polar surface area (TPSA) is 61.4 Å². The Kier molecular flexibility index (Phi) is 8.10. The zero-order valence-corrected chi connectivity index (χ0v) is 16.9. The summed E-state index contributed by atoms with van der Waals surface area (Å²) in [4.78, 5) is 26.3. The van der Waals surface area contributed by atoms with Gasteiger partial charge in [-0.2, -0.15) is 0 Å². The minimum atomic E-state index is -0.193. The van der Waals surface area contributed by atoms with Crippen molar-refractivity contribution in [3.8, 4) is 0 Å². The Labute approximate surface area is 169 Å². The second-order valence-electron chi connectivity index (χ2n) is 6.18. The third-order valence-electron chi connectivity index (χ3n) is 4.09. The van der Waals surface area contributed by atoms with Crippen molar-refractivity contribution in [3.05, 3.63) is 63.6 Å². The lowest BCUT2D eigenvalue weighted by Gasteiger charge is -2.20.